The van der Waals surface area contributed by atoms with E-state index in [-0.39, 0.29) is 5.56 Å². The molecule has 3 rings (SSSR count). The van der Waals surface area contributed by atoms with Crippen molar-refractivity contribution in [1.82, 2.24) is 0 Å². The first-order valence-corrected chi connectivity index (χ1v) is 7.95. The summed E-state index contributed by atoms with van der Waals surface area (Å²) in [5, 5.41) is 3.21. The van der Waals surface area contributed by atoms with Crippen LogP contribution in [0, 0.1) is 18.6 Å². The number of carbonyl (C=O) groups is 1. The van der Waals surface area contributed by atoms with Crippen molar-refractivity contribution in [2.24, 2.45) is 0 Å². The largest absolute Gasteiger partial charge is 0.321 e. The summed E-state index contributed by atoms with van der Waals surface area (Å²) < 4.78 is 27.6. The highest BCUT2D eigenvalue weighted by Gasteiger charge is 2.15. The molecule has 1 N–H and O–H groups in total. The molecule has 3 aromatic carbocycles. The van der Waals surface area contributed by atoms with E-state index in [1.165, 1.54) is 30.3 Å². The summed E-state index contributed by atoms with van der Waals surface area (Å²) in [4.78, 5) is 12.4. The van der Waals surface area contributed by atoms with Crippen LogP contribution in [0.4, 0.5) is 14.5 Å². The van der Waals surface area contributed by atoms with Crippen molar-refractivity contribution in [1.29, 1.82) is 0 Å². The number of hydrogen-bond donors (Lipinski definition) is 1. The normalized spacial score (nSPS) is 10.6. The second-order valence-corrected chi connectivity index (χ2v) is 6.07. The Balaban J connectivity index is 1.99. The van der Waals surface area contributed by atoms with Crippen molar-refractivity contribution < 1.29 is 13.6 Å². The molecule has 25 heavy (non-hydrogen) atoms. The molecule has 0 unspecified atom stereocenters. The van der Waals surface area contributed by atoms with Crippen LogP contribution in [0.15, 0.2) is 60.7 Å². The Morgan fingerprint density at radius 2 is 1.68 bits per heavy atom. The monoisotopic (exact) mass is 357 g/mol. The average Bonchev–Trinajstić information content (AvgIpc) is 2.59. The van der Waals surface area contributed by atoms with Crippen molar-refractivity contribution in [3.63, 3.8) is 0 Å². The van der Waals surface area contributed by atoms with Gasteiger partial charge in [0.1, 0.15) is 11.6 Å². The predicted molar refractivity (Wildman–Crippen MR) is 95.9 cm³/mol. The minimum absolute atomic E-state index is 0.0635. The first kappa shape index (κ1) is 17.1. The predicted octanol–water partition coefficient (Wildman–Crippen LogP) is 5.85. The van der Waals surface area contributed by atoms with Gasteiger partial charge >= 0.3 is 0 Å². The molecule has 0 spiro atoms. The molecular formula is C20H14ClF2NO. The third-order valence-corrected chi connectivity index (χ3v) is 4.00. The molecule has 2 nitrogen and oxygen atoms in total. The van der Waals surface area contributed by atoms with Gasteiger partial charge in [-0.15, -0.1) is 0 Å². The molecule has 0 fully saturated rings. The zero-order valence-electron chi connectivity index (χ0n) is 13.3. The molecular weight excluding hydrogens is 344 g/mol. The van der Waals surface area contributed by atoms with Gasteiger partial charge in [-0.2, -0.15) is 0 Å². The summed E-state index contributed by atoms with van der Waals surface area (Å²) in [7, 11) is 0. The summed E-state index contributed by atoms with van der Waals surface area (Å²) in [6.45, 7) is 1.77. The van der Waals surface area contributed by atoms with Gasteiger partial charge in [-0.25, -0.2) is 8.78 Å². The number of carbonyl (C=O) groups excluding carboxylic acids is 1. The lowest BCUT2D eigenvalue weighted by atomic mass is 10.0. The second kappa shape index (κ2) is 7.03. The molecule has 0 atom stereocenters. The lowest BCUT2D eigenvalue weighted by Crippen LogP contribution is -2.14. The van der Waals surface area contributed by atoms with Gasteiger partial charge in [0.2, 0.25) is 0 Å². The van der Waals surface area contributed by atoms with E-state index in [9.17, 15) is 13.6 Å². The van der Waals surface area contributed by atoms with Crippen LogP contribution in [-0.4, -0.2) is 5.91 Å². The smallest absolute Gasteiger partial charge is 0.258 e. The lowest BCUT2D eigenvalue weighted by Gasteiger charge is -2.12. The van der Waals surface area contributed by atoms with E-state index in [2.05, 4.69) is 5.32 Å². The van der Waals surface area contributed by atoms with Crippen LogP contribution in [0.5, 0.6) is 0 Å². The molecule has 0 saturated heterocycles. The Bertz CT molecular complexity index is 939. The molecule has 126 valence electrons. The summed E-state index contributed by atoms with van der Waals surface area (Å²) in [6, 6.07) is 15.1. The number of amides is 1. The van der Waals surface area contributed by atoms with Crippen LogP contribution in [0.2, 0.25) is 5.02 Å². The first-order chi connectivity index (χ1) is 11.9. The fourth-order valence-corrected chi connectivity index (χ4v) is 2.62. The van der Waals surface area contributed by atoms with Crippen molar-refractivity contribution in [3.05, 3.63) is 88.4 Å². The quantitative estimate of drug-likeness (QED) is 0.626. The Hall–Kier alpha value is -2.72. The lowest BCUT2D eigenvalue weighted by molar-refractivity contribution is 0.102. The van der Waals surface area contributed by atoms with Gasteiger partial charge < -0.3 is 5.32 Å². The second-order valence-electron chi connectivity index (χ2n) is 5.63. The van der Waals surface area contributed by atoms with Gasteiger partial charge in [0, 0.05) is 16.3 Å². The summed E-state index contributed by atoms with van der Waals surface area (Å²) >= 11 is 5.88. The molecule has 3 aromatic rings. The molecule has 0 heterocycles. The van der Waals surface area contributed by atoms with Crippen molar-refractivity contribution in [2.75, 3.05) is 5.32 Å². The molecule has 0 radical (unpaired) electrons. The number of rotatable bonds is 3. The van der Waals surface area contributed by atoms with E-state index in [0.717, 1.165) is 5.56 Å². The zero-order chi connectivity index (χ0) is 18.0. The van der Waals surface area contributed by atoms with Crippen molar-refractivity contribution in [2.45, 2.75) is 6.92 Å². The first-order valence-electron chi connectivity index (χ1n) is 7.57. The Morgan fingerprint density at radius 1 is 0.960 bits per heavy atom. The van der Waals surface area contributed by atoms with Gasteiger partial charge in [0.25, 0.3) is 5.91 Å². The fraction of sp³-hybridized carbons (Fsp3) is 0.0500. The van der Waals surface area contributed by atoms with Crippen molar-refractivity contribution >= 4 is 23.2 Å². The van der Waals surface area contributed by atoms with Crippen LogP contribution >= 0.6 is 11.6 Å². The minimum atomic E-state index is -0.613. The van der Waals surface area contributed by atoms with Gasteiger partial charge in [-0.3, -0.25) is 4.79 Å². The van der Waals surface area contributed by atoms with E-state index in [1.807, 2.05) is 0 Å². The molecule has 0 aliphatic carbocycles. The maximum atomic E-state index is 13.9. The third-order valence-electron chi connectivity index (χ3n) is 3.75. The molecule has 0 saturated carbocycles. The number of nitrogens with one attached hydrogen (secondary N) is 1. The van der Waals surface area contributed by atoms with Gasteiger partial charge in [-0.05, 0) is 55.0 Å². The molecule has 0 aliphatic rings. The highest BCUT2D eigenvalue weighted by Crippen LogP contribution is 2.30. The van der Waals surface area contributed by atoms with E-state index < -0.39 is 17.5 Å². The van der Waals surface area contributed by atoms with Crippen LogP contribution < -0.4 is 5.32 Å². The van der Waals surface area contributed by atoms with E-state index >= 15 is 0 Å². The van der Waals surface area contributed by atoms with Crippen LogP contribution in [0.3, 0.4) is 0 Å². The van der Waals surface area contributed by atoms with Crippen LogP contribution in [-0.2, 0) is 0 Å². The number of aryl methyl sites for hydroxylation is 1. The Labute approximate surface area is 149 Å². The Morgan fingerprint density at radius 3 is 2.40 bits per heavy atom. The minimum Gasteiger partial charge on any atom is -0.321 e. The summed E-state index contributed by atoms with van der Waals surface area (Å²) in [5.41, 5.74) is 2.26. The molecule has 5 heteroatoms. The third kappa shape index (κ3) is 3.86. The fourth-order valence-electron chi connectivity index (χ4n) is 2.50. The van der Waals surface area contributed by atoms with Gasteiger partial charge in [-0.1, -0.05) is 35.4 Å². The number of anilines is 1. The summed E-state index contributed by atoms with van der Waals surface area (Å²) in [6.07, 6.45) is 0. The van der Waals surface area contributed by atoms with Gasteiger partial charge in [0.15, 0.2) is 0 Å². The van der Waals surface area contributed by atoms with Crippen molar-refractivity contribution in [3.8, 4) is 11.1 Å². The topological polar surface area (TPSA) is 29.1 Å². The van der Waals surface area contributed by atoms with Crippen LogP contribution in [0.25, 0.3) is 11.1 Å². The average molecular weight is 358 g/mol. The maximum absolute atomic E-state index is 13.9. The SMILES string of the molecule is Cc1ccc(F)c(C(=O)Nc2ccc(F)cc2-c2ccc(Cl)cc2)c1. The molecule has 0 bridgehead atoms. The van der Waals surface area contributed by atoms with Gasteiger partial charge in [0.05, 0.1) is 5.56 Å². The number of halogens is 3. The number of hydrogen-bond acceptors (Lipinski definition) is 1. The van der Waals surface area contributed by atoms with E-state index in [4.69, 9.17) is 11.6 Å². The van der Waals surface area contributed by atoms with E-state index in [0.29, 0.717) is 21.8 Å². The maximum Gasteiger partial charge on any atom is 0.258 e. The zero-order valence-corrected chi connectivity index (χ0v) is 14.1. The Kier molecular flexibility index (Phi) is 4.81. The molecule has 0 aliphatic heterocycles. The van der Waals surface area contributed by atoms with E-state index in [1.54, 1.807) is 37.3 Å². The molecule has 0 aromatic heterocycles. The summed E-state index contributed by atoms with van der Waals surface area (Å²) in [5.74, 6) is -1.65. The standard InChI is InChI=1S/C20H14ClF2NO/c1-12-2-8-18(23)17(10-12)20(25)24-19-9-7-15(22)11-16(19)13-3-5-14(21)6-4-13/h2-11H,1H3,(H,24,25). The number of benzene rings is 3. The highest BCUT2D eigenvalue weighted by molar-refractivity contribution is 6.30. The van der Waals surface area contributed by atoms with Crippen LogP contribution in [0.1, 0.15) is 15.9 Å². The highest BCUT2D eigenvalue weighted by atomic mass is 35.5. The molecule has 1 amide bonds.